The molecule has 0 aromatic carbocycles. The average molecular weight is 207 g/mol. The monoisotopic (exact) mass is 207 g/mol. The maximum Gasteiger partial charge on any atom is 0.132 e. The molecule has 4 nitrogen and oxygen atoms in total. The van der Waals surface area contributed by atoms with Crippen molar-refractivity contribution in [3.05, 3.63) is 18.1 Å². The number of β-amino-alcohol motifs (C(OH)–C–C–N with tert-alkyl or cyclic N) is 1. The lowest BCUT2D eigenvalue weighted by atomic mass is 10.1. The molecule has 1 saturated heterocycles. The fraction of sp³-hybridized carbons (Fsp3) is 0.636. The van der Waals surface area contributed by atoms with E-state index in [4.69, 9.17) is 0 Å². The van der Waals surface area contributed by atoms with Gasteiger partial charge in [-0.1, -0.05) is 13.8 Å². The SMILES string of the molecule is CC(C)Cc1cc(N2CC(O)C2)ncn1. The van der Waals surface area contributed by atoms with Crippen LogP contribution >= 0.6 is 0 Å². The number of aliphatic hydroxyl groups excluding tert-OH is 1. The number of nitrogens with zero attached hydrogens (tertiary/aromatic N) is 3. The number of hydrogen-bond acceptors (Lipinski definition) is 4. The van der Waals surface area contributed by atoms with Crippen molar-refractivity contribution in [2.45, 2.75) is 26.4 Å². The minimum atomic E-state index is -0.187. The Balaban J connectivity index is 2.06. The van der Waals surface area contributed by atoms with Crippen molar-refractivity contribution in [1.29, 1.82) is 0 Å². The highest BCUT2D eigenvalue weighted by atomic mass is 16.3. The summed E-state index contributed by atoms with van der Waals surface area (Å²) >= 11 is 0. The Hall–Kier alpha value is -1.16. The quantitative estimate of drug-likeness (QED) is 0.798. The number of aromatic nitrogens is 2. The van der Waals surface area contributed by atoms with Gasteiger partial charge in [0.25, 0.3) is 0 Å². The number of rotatable bonds is 3. The lowest BCUT2D eigenvalue weighted by Crippen LogP contribution is -2.51. The molecule has 4 heteroatoms. The number of anilines is 1. The molecule has 0 saturated carbocycles. The van der Waals surface area contributed by atoms with Gasteiger partial charge in [0.2, 0.25) is 0 Å². The molecule has 1 aromatic heterocycles. The zero-order valence-electron chi connectivity index (χ0n) is 9.22. The van der Waals surface area contributed by atoms with Gasteiger partial charge in [-0.25, -0.2) is 9.97 Å². The number of aliphatic hydroxyl groups is 1. The van der Waals surface area contributed by atoms with Crippen LogP contribution in [-0.2, 0) is 6.42 Å². The van der Waals surface area contributed by atoms with E-state index in [1.807, 2.05) is 6.07 Å². The lowest BCUT2D eigenvalue weighted by molar-refractivity contribution is 0.141. The molecule has 1 fully saturated rings. The molecule has 0 aliphatic carbocycles. The zero-order chi connectivity index (χ0) is 10.8. The van der Waals surface area contributed by atoms with Gasteiger partial charge in [0, 0.05) is 24.8 Å². The first kappa shape index (κ1) is 10.4. The van der Waals surface area contributed by atoms with Gasteiger partial charge >= 0.3 is 0 Å². The summed E-state index contributed by atoms with van der Waals surface area (Å²) in [4.78, 5) is 10.5. The van der Waals surface area contributed by atoms with E-state index in [1.54, 1.807) is 6.33 Å². The Kier molecular flexibility index (Phi) is 2.86. The minimum Gasteiger partial charge on any atom is -0.389 e. The van der Waals surface area contributed by atoms with Crippen molar-refractivity contribution >= 4 is 5.82 Å². The van der Waals surface area contributed by atoms with Crippen molar-refractivity contribution in [3.63, 3.8) is 0 Å². The van der Waals surface area contributed by atoms with E-state index in [0.29, 0.717) is 19.0 Å². The molecule has 1 aliphatic heterocycles. The van der Waals surface area contributed by atoms with Gasteiger partial charge in [0.1, 0.15) is 12.1 Å². The van der Waals surface area contributed by atoms with Crippen LogP contribution in [0.3, 0.4) is 0 Å². The van der Waals surface area contributed by atoms with Gasteiger partial charge in [-0.2, -0.15) is 0 Å². The largest absolute Gasteiger partial charge is 0.389 e. The highest BCUT2D eigenvalue weighted by Crippen LogP contribution is 2.19. The van der Waals surface area contributed by atoms with Crippen molar-refractivity contribution < 1.29 is 5.11 Å². The molecule has 0 radical (unpaired) electrons. The molecule has 15 heavy (non-hydrogen) atoms. The summed E-state index contributed by atoms with van der Waals surface area (Å²) in [5, 5.41) is 9.21. The standard InChI is InChI=1S/C11H17N3O/c1-8(2)3-9-4-11(13-7-12-9)14-5-10(15)6-14/h4,7-8,10,15H,3,5-6H2,1-2H3. The summed E-state index contributed by atoms with van der Waals surface area (Å²) in [5.74, 6) is 1.54. The molecule has 1 aliphatic rings. The molecule has 1 N–H and O–H groups in total. The molecule has 0 bridgehead atoms. The predicted molar refractivity (Wildman–Crippen MR) is 58.8 cm³/mol. The van der Waals surface area contributed by atoms with Crippen LogP contribution in [0.4, 0.5) is 5.82 Å². The summed E-state index contributed by atoms with van der Waals surface area (Å²) in [6.07, 6.45) is 2.40. The van der Waals surface area contributed by atoms with E-state index in [1.165, 1.54) is 0 Å². The summed E-state index contributed by atoms with van der Waals surface area (Å²) < 4.78 is 0. The van der Waals surface area contributed by atoms with E-state index in [2.05, 4.69) is 28.7 Å². The topological polar surface area (TPSA) is 49.2 Å². The van der Waals surface area contributed by atoms with Crippen LogP contribution in [0, 0.1) is 5.92 Å². The maximum absolute atomic E-state index is 9.21. The van der Waals surface area contributed by atoms with Gasteiger partial charge in [-0.05, 0) is 12.3 Å². The van der Waals surface area contributed by atoms with E-state index in [9.17, 15) is 5.11 Å². The summed E-state index contributed by atoms with van der Waals surface area (Å²) in [6.45, 7) is 5.74. The Labute approximate surface area is 90.0 Å². The third-order valence-corrected chi connectivity index (χ3v) is 2.51. The van der Waals surface area contributed by atoms with E-state index >= 15 is 0 Å². The first-order valence-electron chi connectivity index (χ1n) is 5.39. The van der Waals surface area contributed by atoms with Crippen LogP contribution in [-0.4, -0.2) is 34.3 Å². The number of hydrogen-bond donors (Lipinski definition) is 1. The zero-order valence-corrected chi connectivity index (χ0v) is 9.22. The van der Waals surface area contributed by atoms with E-state index in [0.717, 1.165) is 17.9 Å². The molecule has 2 heterocycles. The predicted octanol–water partition coefficient (Wildman–Crippen LogP) is 0.856. The van der Waals surface area contributed by atoms with Gasteiger partial charge in [0.05, 0.1) is 6.10 Å². The van der Waals surface area contributed by atoms with Crippen LogP contribution < -0.4 is 4.90 Å². The highest BCUT2D eigenvalue weighted by molar-refractivity contribution is 5.42. The molecule has 0 atom stereocenters. The summed E-state index contributed by atoms with van der Waals surface area (Å²) in [7, 11) is 0. The van der Waals surface area contributed by atoms with Crippen molar-refractivity contribution in [2.24, 2.45) is 5.92 Å². The first-order valence-corrected chi connectivity index (χ1v) is 5.39. The van der Waals surface area contributed by atoms with Gasteiger partial charge in [-0.3, -0.25) is 0 Å². The van der Waals surface area contributed by atoms with Crippen LogP contribution in [0.15, 0.2) is 12.4 Å². The second-order valence-electron chi connectivity index (χ2n) is 4.52. The van der Waals surface area contributed by atoms with E-state index < -0.39 is 0 Å². The van der Waals surface area contributed by atoms with Gasteiger partial charge in [-0.15, -0.1) is 0 Å². The fourth-order valence-electron chi connectivity index (χ4n) is 1.73. The molecule has 0 spiro atoms. The normalized spacial score (nSPS) is 16.9. The van der Waals surface area contributed by atoms with E-state index in [-0.39, 0.29) is 6.10 Å². The molecular formula is C11H17N3O. The third kappa shape index (κ3) is 2.45. The smallest absolute Gasteiger partial charge is 0.132 e. The second kappa shape index (κ2) is 4.14. The summed E-state index contributed by atoms with van der Waals surface area (Å²) in [6, 6.07) is 2.02. The van der Waals surface area contributed by atoms with Gasteiger partial charge < -0.3 is 10.0 Å². The fourth-order valence-corrected chi connectivity index (χ4v) is 1.73. The maximum atomic E-state index is 9.21. The average Bonchev–Trinajstić information content (AvgIpc) is 2.12. The Morgan fingerprint density at radius 2 is 2.20 bits per heavy atom. The minimum absolute atomic E-state index is 0.187. The van der Waals surface area contributed by atoms with Crippen molar-refractivity contribution in [2.75, 3.05) is 18.0 Å². The Morgan fingerprint density at radius 3 is 2.80 bits per heavy atom. The Morgan fingerprint density at radius 1 is 1.47 bits per heavy atom. The lowest BCUT2D eigenvalue weighted by Gasteiger charge is -2.36. The molecule has 0 unspecified atom stereocenters. The molecule has 0 amide bonds. The molecule has 1 aromatic rings. The third-order valence-electron chi connectivity index (χ3n) is 2.51. The van der Waals surface area contributed by atoms with Crippen LogP contribution in [0.1, 0.15) is 19.5 Å². The van der Waals surface area contributed by atoms with Crippen LogP contribution in [0.2, 0.25) is 0 Å². The van der Waals surface area contributed by atoms with Crippen LogP contribution in [0.25, 0.3) is 0 Å². The van der Waals surface area contributed by atoms with Crippen LogP contribution in [0.5, 0.6) is 0 Å². The Bertz CT molecular complexity index is 334. The molecular weight excluding hydrogens is 190 g/mol. The highest BCUT2D eigenvalue weighted by Gasteiger charge is 2.25. The van der Waals surface area contributed by atoms with Gasteiger partial charge in [0.15, 0.2) is 0 Å². The van der Waals surface area contributed by atoms with Crippen molar-refractivity contribution in [1.82, 2.24) is 9.97 Å². The van der Waals surface area contributed by atoms with Crippen molar-refractivity contribution in [3.8, 4) is 0 Å². The first-order chi connectivity index (χ1) is 7.15. The summed E-state index contributed by atoms with van der Waals surface area (Å²) in [5.41, 5.74) is 1.08. The second-order valence-corrected chi connectivity index (χ2v) is 4.52. The molecule has 82 valence electrons. The molecule has 2 rings (SSSR count).